The number of nitrogens with zero attached hydrogens (tertiary/aromatic N) is 1. The van der Waals surface area contributed by atoms with Gasteiger partial charge in [-0.3, -0.25) is 29.0 Å². The van der Waals surface area contributed by atoms with Gasteiger partial charge in [0.25, 0.3) is 0 Å². The number of carbonyl (C=O) groups is 5. The number of aliphatic carboxylic acids is 2. The Morgan fingerprint density at radius 2 is 1.81 bits per heavy atom. The topological polar surface area (TPSA) is 218 Å². The Morgan fingerprint density at radius 3 is 2.50 bits per heavy atom. The van der Waals surface area contributed by atoms with Crippen LogP contribution in [0, 0.1) is 11.8 Å². The number of aromatic nitrogens is 1. The average Bonchev–Trinajstić information content (AvgIpc) is 3.41. The number of ether oxygens (including phenoxy) is 1. The van der Waals surface area contributed by atoms with E-state index in [2.05, 4.69) is 15.6 Å². The molecule has 4 rings (SSSR count). The number of carboxylic acid groups (broad SMARTS) is 2. The quantitative estimate of drug-likeness (QED) is 0.109. The van der Waals surface area contributed by atoms with Gasteiger partial charge in [0.2, 0.25) is 11.8 Å². The summed E-state index contributed by atoms with van der Waals surface area (Å²) in [5.41, 5.74) is 9.84. The van der Waals surface area contributed by atoms with Gasteiger partial charge in [-0.1, -0.05) is 36.8 Å². The number of carbonyl (C=O) groups excluding carboxylic acids is 3. The number of hydrogen-bond acceptors (Lipinski definition) is 10. The molecular weight excluding hydrogens is 640 g/mol. The summed E-state index contributed by atoms with van der Waals surface area (Å²) in [6, 6.07) is 1.59. The van der Waals surface area contributed by atoms with E-state index in [-0.39, 0.29) is 42.3 Å². The lowest BCUT2D eigenvalue weighted by molar-refractivity contribution is -0.140. The largest absolute Gasteiger partial charge is 0.480 e. The molecule has 0 bridgehead atoms. The Labute approximate surface area is 284 Å². The normalized spacial score (nSPS) is 22.3. The highest BCUT2D eigenvalue weighted by Gasteiger charge is 2.47. The van der Waals surface area contributed by atoms with Gasteiger partial charge in [-0.25, -0.2) is 0 Å². The van der Waals surface area contributed by atoms with Crippen LogP contribution in [0.1, 0.15) is 76.2 Å². The van der Waals surface area contributed by atoms with E-state index in [4.69, 9.17) is 20.7 Å². The minimum atomic E-state index is -1.25. The molecule has 48 heavy (non-hydrogen) atoms. The Bertz CT molecular complexity index is 1400. The molecule has 0 aromatic carbocycles. The lowest BCUT2D eigenvalue weighted by Gasteiger charge is -2.34. The van der Waals surface area contributed by atoms with E-state index in [1.165, 1.54) is 17.3 Å². The maximum Gasteiger partial charge on any atom is 0.322 e. The summed E-state index contributed by atoms with van der Waals surface area (Å²) < 4.78 is 6.15. The number of aliphatic hydroxyl groups is 1. The molecule has 0 fully saturated rings. The van der Waals surface area contributed by atoms with Crippen molar-refractivity contribution >= 4 is 41.5 Å². The van der Waals surface area contributed by atoms with Crippen LogP contribution in [-0.4, -0.2) is 86.3 Å². The zero-order valence-corrected chi connectivity index (χ0v) is 27.8. The van der Waals surface area contributed by atoms with Gasteiger partial charge in [0.15, 0.2) is 0 Å². The van der Waals surface area contributed by atoms with Gasteiger partial charge in [0.05, 0.1) is 5.25 Å². The van der Waals surface area contributed by atoms with E-state index < -0.39 is 48.3 Å². The zero-order valence-electron chi connectivity index (χ0n) is 27.0. The molecule has 7 N–H and O–H groups in total. The number of allylic oxidation sites excluding steroid dienone is 1. The molecule has 2 heterocycles. The van der Waals surface area contributed by atoms with Crippen LogP contribution in [0.15, 0.2) is 47.0 Å². The van der Waals surface area contributed by atoms with Crippen LogP contribution >= 0.6 is 11.8 Å². The molecule has 13 nitrogen and oxygen atoms in total. The van der Waals surface area contributed by atoms with Gasteiger partial charge < -0.3 is 36.4 Å². The molecule has 1 aromatic heterocycles. The maximum atomic E-state index is 13.8. The second kappa shape index (κ2) is 18.1. The maximum absolute atomic E-state index is 13.8. The van der Waals surface area contributed by atoms with Gasteiger partial charge in [0, 0.05) is 31.2 Å². The number of pyridine rings is 1. The van der Waals surface area contributed by atoms with Crippen LogP contribution in [0.5, 0.6) is 0 Å². The van der Waals surface area contributed by atoms with Crippen molar-refractivity contribution in [2.45, 2.75) is 94.4 Å². The van der Waals surface area contributed by atoms with Crippen molar-refractivity contribution in [2.24, 2.45) is 17.6 Å². The number of esters is 1. The Kier molecular flexibility index (Phi) is 14.0. The van der Waals surface area contributed by atoms with E-state index >= 15 is 0 Å². The predicted molar refractivity (Wildman–Crippen MR) is 177 cm³/mol. The van der Waals surface area contributed by atoms with Gasteiger partial charge in [-0.05, 0) is 74.1 Å². The first-order valence-electron chi connectivity index (χ1n) is 16.6. The van der Waals surface area contributed by atoms with Crippen LogP contribution < -0.4 is 16.4 Å². The van der Waals surface area contributed by atoms with E-state index in [1.54, 1.807) is 12.4 Å². The Hall–Kier alpha value is -3.75. The standard InChI is InChI=1S/C34H46N4O9S/c35-24(33(44)45)9-10-27(40)38-25(32(43)37-18-28(41)42)19-48-26-8-4-2-1-3-6-21-17-22(16-20-11-13-36-14-12-20)23(7-5-15-39)30-29(21)31(26)47-34(30)46/h11-14,21,24-26,30,39H,1-10,15-19,35H2,(H,37,43)(H,38,40)(H,41,42)(H,44,45). The minimum absolute atomic E-state index is 0.000903. The first kappa shape index (κ1) is 37.1. The van der Waals surface area contributed by atoms with Crippen LogP contribution in [0.3, 0.4) is 0 Å². The fraction of sp³-hybridized carbons (Fsp3) is 0.588. The molecule has 5 atom stereocenters. The molecule has 2 amide bonds. The second-order valence-corrected chi connectivity index (χ2v) is 13.8. The lowest BCUT2D eigenvalue weighted by Crippen LogP contribution is -2.49. The highest BCUT2D eigenvalue weighted by Crippen LogP contribution is 2.51. The summed E-state index contributed by atoms with van der Waals surface area (Å²) in [7, 11) is 0. The lowest BCUT2D eigenvalue weighted by atomic mass is 9.69. The molecule has 14 heteroatoms. The summed E-state index contributed by atoms with van der Waals surface area (Å²) in [5.74, 6) is -3.84. The summed E-state index contributed by atoms with van der Waals surface area (Å²) in [6.07, 6.45) is 11.2. The second-order valence-electron chi connectivity index (χ2n) is 12.6. The van der Waals surface area contributed by atoms with Crippen molar-refractivity contribution in [2.75, 3.05) is 18.9 Å². The van der Waals surface area contributed by atoms with Crippen LogP contribution in [0.2, 0.25) is 0 Å². The predicted octanol–water partition coefficient (Wildman–Crippen LogP) is 2.47. The highest BCUT2D eigenvalue weighted by atomic mass is 32.2. The third-order valence-corrected chi connectivity index (χ3v) is 10.5. The number of nitrogens with one attached hydrogen (secondary N) is 2. The van der Waals surface area contributed by atoms with Crippen LogP contribution in [0.4, 0.5) is 0 Å². The molecule has 262 valence electrons. The molecule has 0 saturated carbocycles. The zero-order chi connectivity index (χ0) is 34.6. The van der Waals surface area contributed by atoms with Crippen LogP contribution in [0.25, 0.3) is 0 Å². The fourth-order valence-corrected chi connectivity index (χ4v) is 8.09. The third-order valence-electron chi connectivity index (χ3n) is 9.14. The van der Waals surface area contributed by atoms with E-state index in [0.29, 0.717) is 31.4 Å². The first-order valence-corrected chi connectivity index (χ1v) is 17.7. The van der Waals surface area contributed by atoms with Gasteiger partial charge in [-0.15, -0.1) is 11.8 Å². The average molecular weight is 687 g/mol. The summed E-state index contributed by atoms with van der Waals surface area (Å²) in [6.45, 7) is -0.634. The summed E-state index contributed by atoms with van der Waals surface area (Å²) in [5, 5.41) is 32.5. The number of aliphatic hydroxyl groups excluding tert-OH is 1. The molecule has 1 aliphatic heterocycles. The molecule has 0 spiro atoms. The third kappa shape index (κ3) is 10.1. The highest BCUT2D eigenvalue weighted by molar-refractivity contribution is 8.00. The van der Waals surface area contributed by atoms with E-state index in [0.717, 1.165) is 55.2 Å². The molecule has 0 radical (unpaired) electrons. The van der Waals surface area contributed by atoms with Crippen molar-refractivity contribution in [3.8, 4) is 0 Å². The molecule has 1 aromatic rings. The van der Waals surface area contributed by atoms with Gasteiger partial charge in [-0.2, -0.15) is 0 Å². The first-order chi connectivity index (χ1) is 23.1. The van der Waals surface area contributed by atoms with Crippen molar-refractivity contribution in [1.82, 2.24) is 15.6 Å². The van der Waals surface area contributed by atoms with Crippen molar-refractivity contribution in [1.29, 1.82) is 0 Å². The Balaban J connectivity index is 1.62. The number of hydrogen-bond donors (Lipinski definition) is 6. The van der Waals surface area contributed by atoms with Crippen molar-refractivity contribution < 1.29 is 44.0 Å². The number of amides is 2. The molecule has 0 saturated heterocycles. The molecule has 3 aliphatic rings. The Morgan fingerprint density at radius 1 is 1.08 bits per heavy atom. The van der Waals surface area contributed by atoms with Gasteiger partial charge >= 0.3 is 17.9 Å². The number of carboxylic acids is 2. The summed E-state index contributed by atoms with van der Waals surface area (Å²) >= 11 is 1.38. The monoisotopic (exact) mass is 686 g/mol. The molecular formula is C34H46N4O9S. The smallest absolute Gasteiger partial charge is 0.322 e. The van der Waals surface area contributed by atoms with Crippen LogP contribution in [-0.2, 0) is 35.1 Å². The number of rotatable bonds is 16. The molecule has 5 unspecified atom stereocenters. The van der Waals surface area contributed by atoms with Crippen molar-refractivity contribution in [3.05, 3.63) is 52.6 Å². The minimum Gasteiger partial charge on any atom is -0.480 e. The van der Waals surface area contributed by atoms with E-state index in [9.17, 15) is 29.1 Å². The fourth-order valence-electron chi connectivity index (χ4n) is 6.76. The number of nitrogens with two attached hydrogens (primary N) is 1. The summed E-state index contributed by atoms with van der Waals surface area (Å²) in [4.78, 5) is 65.9. The number of thioether (sulfide) groups is 1. The SMILES string of the molecule is NC(CCC(=O)NC(CSC1CCCCCCC2CC(Cc3ccncc3)=C(CCCO)C3C(=O)OC1=C23)C(=O)NCC(=O)O)C(=O)O. The van der Waals surface area contributed by atoms with Gasteiger partial charge in [0.1, 0.15) is 30.3 Å². The van der Waals surface area contributed by atoms with E-state index in [1.807, 2.05) is 12.1 Å². The van der Waals surface area contributed by atoms with Crippen molar-refractivity contribution in [3.63, 3.8) is 0 Å². The molecule has 2 aliphatic carbocycles.